The molecule has 0 heterocycles. The van der Waals surface area contributed by atoms with Crippen LogP contribution in [0.15, 0.2) is 24.3 Å². The maximum atomic E-state index is 5.58. The van der Waals surface area contributed by atoms with Gasteiger partial charge in [0.25, 0.3) is 4.97 Å². The normalized spacial score (nSPS) is 11.0. The lowest BCUT2D eigenvalue weighted by Gasteiger charge is -2.08. The number of hydrogen-bond acceptors (Lipinski definition) is 3. The van der Waals surface area contributed by atoms with Crippen LogP contribution in [0, 0.1) is 0 Å². The third-order valence-electron chi connectivity index (χ3n) is 1.27. The van der Waals surface area contributed by atoms with E-state index < -0.39 is 4.97 Å². The minimum atomic E-state index is -2.67. The molecule has 13 heavy (non-hydrogen) atoms. The second-order valence-corrected chi connectivity index (χ2v) is 9.31. The molecule has 72 valence electrons. The lowest BCUT2D eigenvalue weighted by molar-refractivity contribution is 0.414. The Labute approximate surface area is 91.4 Å². The van der Waals surface area contributed by atoms with Crippen LogP contribution in [0.3, 0.4) is 0 Å². The monoisotopic (exact) mass is 256 g/mol. The molecule has 0 radical (unpaired) electrons. The third-order valence-corrected chi connectivity index (χ3v) is 2.33. The molecule has 0 N–H and O–H groups in total. The molecule has 0 aliphatic rings. The van der Waals surface area contributed by atoms with Gasteiger partial charge in [-0.3, -0.25) is 0 Å². The SMILES string of the molecule is COc1ccc(OP(=S)(Cl)Cl)cc1. The van der Waals surface area contributed by atoms with Crippen LogP contribution in [0.25, 0.3) is 0 Å². The van der Waals surface area contributed by atoms with E-state index in [2.05, 4.69) is 0 Å². The van der Waals surface area contributed by atoms with E-state index in [1.54, 1.807) is 31.4 Å². The van der Waals surface area contributed by atoms with Crippen LogP contribution in [0.2, 0.25) is 0 Å². The van der Waals surface area contributed by atoms with Crippen molar-refractivity contribution in [1.82, 2.24) is 0 Å². The van der Waals surface area contributed by atoms with E-state index in [0.717, 1.165) is 5.75 Å². The van der Waals surface area contributed by atoms with Crippen LogP contribution < -0.4 is 9.26 Å². The van der Waals surface area contributed by atoms with Gasteiger partial charge in [-0.2, -0.15) is 0 Å². The van der Waals surface area contributed by atoms with Crippen LogP contribution in [0.1, 0.15) is 0 Å². The Kier molecular flexibility index (Phi) is 3.87. The first kappa shape index (κ1) is 11.1. The molecular formula is C7H7Cl2O2PS. The highest BCUT2D eigenvalue weighted by molar-refractivity contribution is 8.36. The molecule has 0 aromatic heterocycles. The quantitative estimate of drug-likeness (QED) is 0.768. The summed E-state index contributed by atoms with van der Waals surface area (Å²) >= 11 is 15.9. The van der Waals surface area contributed by atoms with Crippen molar-refractivity contribution in [2.24, 2.45) is 0 Å². The van der Waals surface area contributed by atoms with Crippen molar-refractivity contribution in [2.45, 2.75) is 0 Å². The Morgan fingerprint density at radius 3 is 2.00 bits per heavy atom. The van der Waals surface area contributed by atoms with Crippen LogP contribution >= 0.6 is 27.5 Å². The Hall–Kier alpha value is 0.0500. The van der Waals surface area contributed by atoms with Gasteiger partial charge in [0.05, 0.1) is 7.11 Å². The fraction of sp³-hybridized carbons (Fsp3) is 0.143. The highest BCUT2D eigenvalue weighted by Crippen LogP contribution is 2.57. The van der Waals surface area contributed by atoms with Gasteiger partial charge in [-0.15, -0.1) is 0 Å². The first-order chi connectivity index (χ1) is 6.01. The Morgan fingerprint density at radius 1 is 1.15 bits per heavy atom. The van der Waals surface area contributed by atoms with Crippen molar-refractivity contribution in [3.8, 4) is 11.5 Å². The van der Waals surface area contributed by atoms with E-state index in [0.29, 0.717) is 5.75 Å². The largest absolute Gasteiger partial charge is 0.497 e. The van der Waals surface area contributed by atoms with Gasteiger partial charge in [-0.1, -0.05) is 0 Å². The van der Waals surface area contributed by atoms with Gasteiger partial charge in [0.15, 0.2) is 0 Å². The summed E-state index contributed by atoms with van der Waals surface area (Å²) in [6, 6.07) is 6.89. The van der Waals surface area contributed by atoms with Crippen LogP contribution in [-0.4, -0.2) is 7.11 Å². The van der Waals surface area contributed by atoms with E-state index in [1.807, 2.05) is 0 Å². The smallest absolute Gasteiger partial charge is 0.289 e. The van der Waals surface area contributed by atoms with Crippen molar-refractivity contribution in [3.63, 3.8) is 0 Å². The number of ether oxygens (including phenoxy) is 1. The summed E-state index contributed by atoms with van der Waals surface area (Å²) in [7, 11) is 1.59. The molecule has 1 aromatic rings. The maximum Gasteiger partial charge on any atom is 0.289 e. The van der Waals surface area contributed by atoms with Gasteiger partial charge < -0.3 is 9.26 Å². The van der Waals surface area contributed by atoms with Crippen LogP contribution in [0.4, 0.5) is 0 Å². The summed E-state index contributed by atoms with van der Waals surface area (Å²) in [5, 5.41) is 0. The summed E-state index contributed by atoms with van der Waals surface area (Å²) in [6.07, 6.45) is 0. The molecule has 0 atom stereocenters. The highest BCUT2D eigenvalue weighted by atomic mass is 35.9. The van der Waals surface area contributed by atoms with E-state index in [-0.39, 0.29) is 0 Å². The molecule has 0 spiro atoms. The topological polar surface area (TPSA) is 18.5 Å². The summed E-state index contributed by atoms with van der Waals surface area (Å²) in [4.78, 5) is -2.67. The van der Waals surface area contributed by atoms with Gasteiger partial charge in [-0.25, -0.2) is 0 Å². The maximum absolute atomic E-state index is 5.58. The predicted molar refractivity (Wildman–Crippen MR) is 59.6 cm³/mol. The molecule has 0 aliphatic heterocycles. The number of halogens is 2. The van der Waals surface area contributed by atoms with Gasteiger partial charge in [0.2, 0.25) is 0 Å². The van der Waals surface area contributed by atoms with Crippen molar-refractivity contribution in [2.75, 3.05) is 7.11 Å². The van der Waals surface area contributed by atoms with Crippen LogP contribution in [0.5, 0.6) is 11.5 Å². The van der Waals surface area contributed by atoms with Crippen molar-refractivity contribution >= 4 is 39.3 Å². The van der Waals surface area contributed by atoms with Gasteiger partial charge in [0, 0.05) is 0 Å². The molecular weight excluding hydrogens is 250 g/mol. The van der Waals surface area contributed by atoms with Crippen molar-refractivity contribution < 1.29 is 9.26 Å². The van der Waals surface area contributed by atoms with Crippen molar-refractivity contribution in [1.29, 1.82) is 0 Å². The number of benzene rings is 1. The van der Waals surface area contributed by atoms with E-state index >= 15 is 0 Å². The Bertz CT molecular complexity index is 322. The molecule has 0 unspecified atom stereocenters. The molecule has 0 bridgehead atoms. The molecule has 0 aliphatic carbocycles. The lowest BCUT2D eigenvalue weighted by Crippen LogP contribution is -1.83. The zero-order valence-corrected chi connectivity index (χ0v) is 9.96. The molecule has 1 rings (SSSR count). The zero-order chi connectivity index (χ0) is 9.90. The fourth-order valence-corrected chi connectivity index (χ4v) is 1.86. The molecule has 2 nitrogen and oxygen atoms in total. The minimum absolute atomic E-state index is 0.550. The van der Waals surface area contributed by atoms with Gasteiger partial charge >= 0.3 is 0 Å². The van der Waals surface area contributed by atoms with Crippen molar-refractivity contribution in [3.05, 3.63) is 24.3 Å². The lowest BCUT2D eigenvalue weighted by atomic mass is 10.3. The third kappa shape index (κ3) is 4.19. The van der Waals surface area contributed by atoms with Gasteiger partial charge in [0.1, 0.15) is 11.5 Å². The first-order valence-electron chi connectivity index (χ1n) is 3.34. The Balaban J connectivity index is 2.76. The molecule has 0 fully saturated rings. The Morgan fingerprint density at radius 2 is 1.62 bits per heavy atom. The number of methoxy groups -OCH3 is 1. The summed E-state index contributed by atoms with van der Waals surface area (Å²) in [5.41, 5.74) is 0. The standard InChI is InChI=1S/C7H7Cl2O2PS/c1-10-6-2-4-7(5-3-6)11-12(8,9)13/h2-5H,1H3. The summed E-state index contributed by atoms with van der Waals surface area (Å²) < 4.78 is 10.1. The minimum Gasteiger partial charge on any atom is -0.497 e. The van der Waals surface area contributed by atoms with Gasteiger partial charge in [-0.05, 0) is 58.6 Å². The second-order valence-electron chi connectivity index (χ2n) is 2.18. The second kappa shape index (κ2) is 4.52. The fourth-order valence-electron chi connectivity index (χ4n) is 0.759. The molecule has 0 saturated carbocycles. The summed E-state index contributed by atoms with van der Waals surface area (Å²) in [5.74, 6) is 1.29. The number of rotatable bonds is 3. The highest BCUT2D eigenvalue weighted by Gasteiger charge is 2.09. The summed E-state index contributed by atoms with van der Waals surface area (Å²) in [6.45, 7) is 0. The molecule has 0 saturated heterocycles. The average Bonchev–Trinajstić information content (AvgIpc) is 2.03. The van der Waals surface area contributed by atoms with Crippen LogP contribution in [-0.2, 0) is 11.8 Å². The predicted octanol–water partition coefficient (Wildman–Crippen LogP) is 3.78. The van der Waals surface area contributed by atoms with E-state index in [1.165, 1.54) is 0 Å². The first-order valence-corrected chi connectivity index (χ1v) is 7.87. The van der Waals surface area contributed by atoms with E-state index in [9.17, 15) is 0 Å². The molecule has 1 aromatic carbocycles. The zero-order valence-electron chi connectivity index (χ0n) is 6.74. The average molecular weight is 257 g/mol. The van der Waals surface area contributed by atoms with E-state index in [4.69, 9.17) is 43.5 Å². The molecule has 0 amide bonds. The molecule has 6 heteroatoms. The number of hydrogen-bond donors (Lipinski definition) is 0.